The minimum Gasteiger partial charge on any atom is -0.481 e. The lowest BCUT2D eigenvalue weighted by atomic mass is 10.1. The van der Waals surface area contributed by atoms with Crippen molar-refractivity contribution in [2.45, 2.75) is 13.8 Å². The number of thiazole rings is 1. The van der Waals surface area contributed by atoms with Crippen LogP contribution in [-0.2, 0) is 4.79 Å². The van der Waals surface area contributed by atoms with E-state index in [1.807, 2.05) is 0 Å². The van der Waals surface area contributed by atoms with Crippen LogP contribution in [0.25, 0.3) is 0 Å². The van der Waals surface area contributed by atoms with Crippen LogP contribution in [0.4, 0.5) is 5.13 Å². The smallest absolute Gasteiger partial charge is 0.308 e. The third-order valence-corrected chi connectivity index (χ3v) is 3.00. The number of nitrogen functional groups attached to an aromatic ring is 1. The average molecular weight is 257 g/mol. The molecular weight excluding hydrogens is 242 g/mol. The summed E-state index contributed by atoms with van der Waals surface area (Å²) in [7, 11) is 0. The third kappa shape index (κ3) is 3.42. The number of rotatable bonds is 5. The van der Waals surface area contributed by atoms with Gasteiger partial charge in [-0.3, -0.25) is 9.59 Å². The van der Waals surface area contributed by atoms with Crippen molar-refractivity contribution in [1.82, 2.24) is 9.88 Å². The molecule has 0 aromatic carbocycles. The maximum atomic E-state index is 12.0. The van der Waals surface area contributed by atoms with Crippen molar-refractivity contribution < 1.29 is 14.7 Å². The van der Waals surface area contributed by atoms with Crippen LogP contribution >= 0.6 is 11.3 Å². The Labute approximate surface area is 103 Å². The molecule has 1 atom stereocenters. The lowest BCUT2D eigenvalue weighted by molar-refractivity contribution is -0.141. The number of nitrogens with two attached hydrogens (primary N) is 1. The molecular formula is C10H15N3O3S. The first-order chi connectivity index (χ1) is 7.95. The number of hydrogen-bond acceptors (Lipinski definition) is 5. The Balaban J connectivity index is 2.74. The van der Waals surface area contributed by atoms with E-state index in [0.29, 0.717) is 11.7 Å². The Morgan fingerprint density at radius 2 is 2.29 bits per heavy atom. The molecule has 17 heavy (non-hydrogen) atoms. The van der Waals surface area contributed by atoms with Crippen molar-refractivity contribution in [2.75, 3.05) is 18.8 Å². The highest BCUT2D eigenvalue weighted by Gasteiger charge is 2.21. The number of carbonyl (C=O) groups is 2. The number of amides is 1. The van der Waals surface area contributed by atoms with E-state index in [2.05, 4.69) is 4.98 Å². The summed E-state index contributed by atoms with van der Waals surface area (Å²) in [5.41, 5.74) is 5.72. The zero-order valence-electron chi connectivity index (χ0n) is 9.71. The molecule has 0 spiro atoms. The van der Waals surface area contributed by atoms with Gasteiger partial charge in [0.25, 0.3) is 5.91 Å². The molecule has 6 nitrogen and oxygen atoms in total. The van der Waals surface area contributed by atoms with Crippen LogP contribution in [0.1, 0.15) is 24.3 Å². The fourth-order valence-electron chi connectivity index (χ4n) is 1.31. The van der Waals surface area contributed by atoms with Gasteiger partial charge >= 0.3 is 5.97 Å². The van der Waals surface area contributed by atoms with Gasteiger partial charge in [0, 0.05) is 18.5 Å². The first kappa shape index (κ1) is 13.4. The van der Waals surface area contributed by atoms with Crippen LogP contribution < -0.4 is 5.73 Å². The van der Waals surface area contributed by atoms with Crippen LogP contribution in [0.3, 0.4) is 0 Å². The van der Waals surface area contributed by atoms with Crippen LogP contribution in [0.2, 0.25) is 0 Å². The average Bonchev–Trinajstić information content (AvgIpc) is 2.71. The summed E-state index contributed by atoms with van der Waals surface area (Å²) in [5, 5.41) is 10.7. The van der Waals surface area contributed by atoms with Crippen molar-refractivity contribution in [3.8, 4) is 0 Å². The second-order valence-electron chi connectivity index (χ2n) is 3.65. The van der Waals surface area contributed by atoms with Gasteiger partial charge in [-0.25, -0.2) is 4.98 Å². The summed E-state index contributed by atoms with van der Waals surface area (Å²) in [5.74, 6) is -1.81. The molecule has 1 rings (SSSR count). The topological polar surface area (TPSA) is 96.5 Å². The number of anilines is 1. The number of hydrogen-bond donors (Lipinski definition) is 2. The molecule has 0 aliphatic carbocycles. The molecule has 1 unspecified atom stereocenters. The van der Waals surface area contributed by atoms with Crippen LogP contribution in [0, 0.1) is 5.92 Å². The second-order valence-corrected chi connectivity index (χ2v) is 4.54. The molecule has 0 aliphatic heterocycles. The van der Waals surface area contributed by atoms with E-state index in [1.54, 1.807) is 19.2 Å². The Hall–Kier alpha value is -1.63. The van der Waals surface area contributed by atoms with Gasteiger partial charge < -0.3 is 15.7 Å². The Morgan fingerprint density at radius 1 is 1.65 bits per heavy atom. The van der Waals surface area contributed by atoms with E-state index < -0.39 is 11.9 Å². The normalized spacial score (nSPS) is 12.1. The minimum atomic E-state index is -0.922. The maximum Gasteiger partial charge on any atom is 0.308 e. The fraction of sp³-hybridized carbons (Fsp3) is 0.500. The third-order valence-electron chi connectivity index (χ3n) is 2.33. The van der Waals surface area contributed by atoms with E-state index in [1.165, 1.54) is 16.2 Å². The molecule has 0 fully saturated rings. The lowest BCUT2D eigenvalue weighted by Gasteiger charge is -2.21. The summed E-state index contributed by atoms with van der Waals surface area (Å²) in [6, 6.07) is 0. The predicted molar refractivity (Wildman–Crippen MR) is 64.9 cm³/mol. The minimum absolute atomic E-state index is 0.169. The van der Waals surface area contributed by atoms with Crippen molar-refractivity contribution >= 4 is 28.3 Å². The summed E-state index contributed by atoms with van der Waals surface area (Å²) < 4.78 is 0. The molecule has 94 valence electrons. The zero-order chi connectivity index (χ0) is 13.0. The SMILES string of the molecule is CCN(CC(C)C(=O)O)C(=O)c1csc(N)n1. The number of nitrogens with zero attached hydrogens (tertiary/aromatic N) is 2. The molecule has 1 amide bonds. The molecule has 3 N–H and O–H groups in total. The van der Waals surface area contributed by atoms with E-state index in [9.17, 15) is 9.59 Å². The number of carbonyl (C=O) groups excluding carboxylic acids is 1. The molecule has 1 aromatic heterocycles. The standard InChI is InChI=1S/C10H15N3O3S/c1-3-13(4-6(2)9(15)16)8(14)7-5-17-10(11)12-7/h5-6H,3-4H2,1-2H3,(H2,11,12)(H,15,16). The Kier molecular flexibility index (Phi) is 4.45. The Morgan fingerprint density at radius 3 is 2.71 bits per heavy atom. The first-order valence-corrected chi connectivity index (χ1v) is 6.06. The van der Waals surface area contributed by atoms with Crippen molar-refractivity contribution in [3.05, 3.63) is 11.1 Å². The molecule has 7 heteroatoms. The van der Waals surface area contributed by atoms with E-state index in [-0.39, 0.29) is 18.1 Å². The van der Waals surface area contributed by atoms with E-state index in [4.69, 9.17) is 10.8 Å². The molecule has 0 saturated carbocycles. The lowest BCUT2D eigenvalue weighted by Crippen LogP contribution is -2.36. The first-order valence-electron chi connectivity index (χ1n) is 5.18. The van der Waals surface area contributed by atoms with Crippen LogP contribution in [-0.4, -0.2) is 40.0 Å². The van der Waals surface area contributed by atoms with Gasteiger partial charge in [-0.05, 0) is 6.92 Å². The van der Waals surface area contributed by atoms with Crippen molar-refractivity contribution in [1.29, 1.82) is 0 Å². The van der Waals surface area contributed by atoms with Crippen molar-refractivity contribution in [2.24, 2.45) is 5.92 Å². The monoisotopic (exact) mass is 257 g/mol. The summed E-state index contributed by atoms with van der Waals surface area (Å²) >= 11 is 1.19. The van der Waals surface area contributed by atoms with Crippen LogP contribution in [0.15, 0.2) is 5.38 Å². The van der Waals surface area contributed by atoms with Gasteiger partial charge in [0.05, 0.1) is 5.92 Å². The molecule has 0 aliphatic rings. The van der Waals surface area contributed by atoms with Gasteiger partial charge in [-0.2, -0.15) is 0 Å². The largest absolute Gasteiger partial charge is 0.481 e. The van der Waals surface area contributed by atoms with E-state index in [0.717, 1.165) is 0 Å². The highest BCUT2D eigenvalue weighted by Crippen LogP contribution is 2.14. The predicted octanol–water partition coefficient (Wildman–Crippen LogP) is 0.908. The maximum absolute atomic E-state index is 12.0. The van der Waals surface area contributed by atoms with Gasteiger partial charge in [0.1, 0.15) is 5.69 Å². The van der Waals surface area contributed by atoms with E-state index >= 15 is 0 Å². The molecule has 0 radical (unpaired) electrons. The molecule has 0 bridgehead atoms. The molecule has 1 heterocycles. The highest BCUT2D eigenvalue weighted by atomic mass is 32.1. The summed E-state index contributed by atoms with van der Waals surface area (Å²) in [4.78, 5) is 28.1. The number of carboxylic acid groups (broad SMARTS) is 1. The summed E-state index contributed by atoms with van der Waals surface area (Å²) in [6.07, 6.45) is 0. The fourth-order valence-corrected chi connectivity index (χ4v) is 1.85. The molecule has 1 aromatic rings. The molecule has 0 saturated heterocycles. The van der Waals surface area contributed by atoms with Gasteiger partial charge in [-0.15, -0.1) is 11.3 Å². The van der Waals surface area contributed by atoms with Crippen LogP contribution in [0.5, 0.6) is 0 Å². The van der Waals surface area contributed by atoms with Crippen molar-refractivity contribution in [3.63, 3.8) is 0 Å². The zero-order valence-corrected chi connectivity index (χ0v) is 10.5. The Bertz CT molecular complexity index is 419. The van der Waals surface area contributed by atoms with Gasteiger partial charge in [-0.1, -0.05) is 6.92 Å². The number of carboxylic acids is 1. The highest BCUT2D eigenvalue weighted by molar-refractivity contribution is 7.13. The van der Waals surface area contributed by atoms with Gasteiger partial charge in [0.15, 0.2) is 5.13 Å². The summed E-state index contributed by atoms with van der Waals surface area (Å²) in [6.45, 7) is 3.96. The number of aliphatic carboxylic acids is 1. The van der Waals surface area contributed by atoms with Gasteiger partial charge in [0.2, 0.25) is 0 Å². The quantitative estimate of drug-likeness (QED) is 0.817. The number of aromatic nitrogens is 1. The second kappa shape index (κ2) is 5.62.